The molecule has 1 heterocycles. The predicted octanol–water partition coefficient (Wildman–Crippen LogP) is 0.985. The number of hydrogen-bond acceptors (Lipinski definition) is 5. The third kappa shape index (κ3) is 3.28. The highest BCUT2D eigenvalue weighted by atomic mass is 32.2. The summed E-state index contributed by atoms with van der Waals surface area (Å²) in [4.78, 5) is 7.83. The number of rotatable bonds is 4. The molecular weight excluding hydrogens is 283 g/mol. The standard InChI is InChI=1S/C12H13FN4O2S/c1-8-15-5-4-10(17-8)7-16-20(18,19)12-3-2-9(13)6-11(12)14/h2-6,16H,7,14H2,1H3. The molecule has 0 aliphatic rings. The fraction of sp³-hybridized carbons (Fsp3) is 0.167. The Hall–Kier alpha value is -2.06. The number of nitrogen functional groups attached to an aromatic ring is 1. The molecule has 0 amide bonds. The second kappa shape index (κ2) is 5.51. The van der Waals surface area contributed by atoms with Crippen LogP contribution in [0.25, 0.3) is 0 Å². The van der Waals surface area contributed by atoms with Gasteiger partial charge < -0.3 is 5.73 Å². The number of benzene rings is 1. The van der Waals surface area contributed by atoms with E-state index >= 15 is 0 Å². The summed E-state index contributed by atoms with van der Waals surface area (Å²) >= 11 is 0. The van der Waals surface area contributed by atoms with Crippen LogP contribution in [0.1, 0.15) is 11.5 Å². The maximum Gasteiger partial charge on any atom is 0.242 e. The van der Waals surface area contributed by atoms with Crippen LogP contribution in [-0.2, 0) is 16.6 Å². The normalized spacial score (nSPS) is 11.5. The molecule has 0 fully saturated rings. The first kappa shape index (κ1) is 14.4. The summed E-state index contributed by atoms with van der Waals surface area (Å²) in [6.07, 6.45) is 1.54. The largest absolute Gasteiger partial charge is 0.398 e. The monoisotopic (exact) mass is 296 g/mol. The van der Waals surface area contributed by atoms with E-state index < -0.39 is 15.8 Å². The van der Waals surface area contributed by atoms with Gasteiger partial charge in [-0.3, -0.25) is 0 Å². The number of aromatic nitrogens is 2. The van der Waals surface area contributed by atoms with Gasteiger partial charge in [-0.15, -0.1) is 0 Å². The highest BCUT2D eigenvalue weighted by Crippen LogP contribution is 2.19. The Morgan fingerprint density at radius 1 is 1.35 bits per heavy atom. The van der Waals surface area contributed by atoms with Gasteiger partial charge in [0.25, 0.3) is 0 Å². The van der Waals surface area contributed by atoms with Crippen molar-refractivity contribution >= 4 is 15.7 Å². The van der Waals surface area contributed by atoms with Crippen LogP contribution in [0.2, 0.25) is 0 Å². The second-order valence-electron chi connectivity index (χ2n) is 4.10. The topological polar surface area (TPSA) is 98.0 Å². The molecule has 0 spiro atoms. The zero-order valence-electron chi connectivity index (χ0n) is 10.7. The van der Waals surface area contributed by atoms with Crippen LogP contribution in [0.4, 0.5) is 10.1 Å². The summed E-state index contributed by atoms with van der Waals surface area (Å²) in [7, 11) is -3.82. The molecule has 0 saturated heterocycles. The van der Waals surface area contributed by atoms with E-state index in [1.165, 1.54) is 6.20 Å². The van der Waals surface area contributed by atoms with Crippen LogP contribution in [0.15, 0.2) is 35.4 Å². The first-order chi connectivity index (χ1) is 9.38. The van der Waals surface area contributed by atoms with Crippen LogP contribution < -0.4 is 10.5 Å². The van der Waals surface area contributed by atoms with Crippen LogP contribution in [0, 0.1) is 12.7 Å². The van der Waals surface area contributed by atoms with Crippen LogP contribution in [-0.4, -0.2) is 18.4 Å². The Labute approximate surface area is 115 Å². The summed E-state index contributed by atoms with van der Waals surface area (Å²) in [6, 6.07) is 4.73. The summed E-state index contributed by atoms with van der Waals surface area (Å²) in [5.41, 5.74) is 5.90. The minimum Gasteiger partial charge on any atom is -0.398 e. The van der Waals surface area contributed by atoms with Gasteiger partial charge in [-0.25, -0.2) is 27.5 Å². The van der Waals surface area contributed by atoms with Crippen molar-refractivity contribution in [1.29, 1.82) is 0 Å². The number of halogens is 1. The molecule has 1 aromatic heterocycles. The van der Waals surface area contributed by atoms with Crippen LogP contribution in [0.3, 0.4) is 0 Å². The summed E-state index contributed by atoms with van der Waals surface area (Å²) < 4.78 is 39.4. The lowest BCUT2D eigenvalue weighted by Crippen LogP contribution is -2.24. The number of sulfonamides is 1. The molecule has 0 aliphatic heterocycles. The van der Waals surface area contributed by atoms with Crippen LogP contribution >= 0.6 is 0 Å². The van der Waals surface area contributed by atoms with E-state index in [0.717, 1.165) is 18.2 Å². The Balaban J connectivity index is 2.19. The zero-order chi connectivity index (χ0) is 14.8. The van der Waals surface area contributed by atoms with Gasteiger partial charge in [0.05, 0.1) is 17.9 Å². The molecule has 0 atom stereocenters. The summed E-state index contributed by atoms with van der Waals surface area (Å²) in [6.45, 7) is 1.71. The Morgan fingerprint density at radius 2 is 2.10 bits per heavy atom. The molecule has 2 aromatic rings. The zero-order valence-corrected chi connectivity index (χ0v) is 11.5. The maximum atomic E-state index is 12.9. The SMILES string of the molecule is Cc1nccc(CNS(=O)(=O)c2ccc(F)cc2N)n1. The molecule has 0 unspecified atom stereocenters. The molecule has 6 nitrogen and oxygen atoms in total. The quantitative estimate of drug-likeness (QED) is 0.820. The molecule has 106 valence electrons. The van der Waals surface area contributed by atoms with Gasteiger partial charge in [-0.05, 0) is 31.2 Å². The summed E-state index contributed by atoms with van der Waals surface area (Å²) in [5, 5.41) is 0. The highest BCUT2D eigenvalue weighted by Gasteiger charge is 2.17. The number of hydrogen-bond donors (Lipinski definition) is 2. The number of nitrogens with one attached hydrogen (secondary N) is 1. The van der Waals surface area contributed by atoms with Crippen LogP contribution in [0.5, 0.6) is 0 Å². The van der Waals surface area contributed by atoms with Crippen molar-refractivity contribution in [2.45, 2.75) is 18.4 Å². The third-order valence-electron chi connectivity index (χ3n) is 2.54. The molecule has 1 aromatic carbocycles. The Morgan fingerprint density at radius 3 is 2.75 bits per heavy atom. The van der Waals surface area contributed by atoms with Gasteiger partial charge in [0, 0.05) is 6.20 Å². The number of nitrogens with zero attached hydrogens (tertiary/aromatic N) is 2. The minimum atomic E-state index is -3.82. The van der Waals surface area contributed by atoms with Crippen molar-refractivity contribution in [3.8, 4) is 0 Å². The lowest BCUT2D eigenvalue weighted by atomic mass is 10.3. The average molecular weight is 296 g/mol. The van der Waals surface area contributed by atoms with Crippen molar-refractivity contribution in [2.24, 2.45) is 0 Å². The van der Waals surface area contributed by atoms with E-state index in [1.54, 1.807) is 13.0 Å². The lowest BCUT2D eigenvalue weighted by molar-refractivity contribution is 0.580. The van der Waals surface area contributed by atoms with Gasteiger partial charge in [-0.2, -0.15) is 0 Å². The fourth-order valence-electron chi connectivity index (χ4n) is 1.61. The molecule has 2 rings (SSSR count). The molecule has 3 N–H and O–H groups in total. The van der Waals surface area contributed by atoms with Crippen molar-refractivity contribution in [2.75, 3.05) is 5.73 Å². The summed E-state index contributed by atoms with van der Waals surface area (Å²) in [5.74, 6) is -0.0455. The van der Waals surface area contributed by atoms with Gasteiger partial charge in [0.2, 0.25) is 10.0 Å². The van der Waals surface area contributed by atoms with Crippen molar-refractivity contribution in [3.05, 3.63) is 47.8 Å². The molecule has 20 heavy (non-hydrogen) atoms. The van der Waals surface area contributed by atoms with E-state index in [1.807, 2.05) is 0 Å². The molecular formula is C12H13FN4O2S. The number of aryl methyl sites for hydroxylation is 1. The van der Waals surface area contributed by atoms with Crippen molar-refractivity contribution < 1.29 is 12.8 Å². The average Bonchev–Trinajstić information content (AvgIpc) is 2.36. The number of anilines is 1. The third-order valence-corrected chi connectivity index (χ3v) is 4.01. The molecule has 8 heteroatoms. The van der Waals surface area contributed by atoms with E-state index in [9.17, 15) is 12.8 Å². The number of nitrogens with two attached hydrogens (primary N) is 1. The van der Waals surface area contributed by atoms with E-state index in [2.05, 4.69) is 14.7 Å². The molecule has 0 radical (unpaired) electrons. The lowest BCUT2D eigenvalue weighted by Gasteiger charge is -2.09. The molecule has 0 aliphatic carbocycles. The predicted molar refractivity (Wildman–Crippen MR) is 71.6 cm³/mol. The van der Waals surface area contributed by atoms with Crippen molar-refractivity contribution in [1.82, 2.24) is 14.7 Å². The van der Waals surface area contributed by atoms with E-state index in [-0.39, 0.29) is 17.1 Å². The second-order valence-corrected chi connectivity index (χ2v) is 5.84. The van der Waals surface area contributed by atoms with E-state index in [0.29, 0.717) is 11.5 Å². The van der Waals surface area contributed by atoms with E-state index in [4.69, 9.17) is 5.73 Å². The minimum absolute atomic E-state index is 0.00249. The van der Waals surface area contributed by atoms with Gasteiger partial charge >= 0.3 is 0 Å². The molecule has 0 bridgehead atoms. The smallest absolute Gasteiger partial charge is 0.242 e. The van der Waals surface area contributed by atoms with Gasteiger partial charge in [0.1, 0.15) is 16.5 Å². The van der Waals surface area contributed by atoms with Gasteiger partial charge in [0.15, 0.2) is 0 Å². The first-order valence-corrected chi connectivity index (χ1v) is 7.20. The first-order valence-electron chi connectivity index (χ1n) is 5.72. The Bertz CT molecular complexity index is 734. The fourth-order valence-corrected chi connectivity index (χ4v) is 2.72. The molecule has 0 saturated carbocycles. The van der Waals surface area contributed by atoms with Gasteiger partial charge in [-0.1, -0.05) is 0 Å². The Kier molecular flexibility index (Phi) is 3.96. The van der Waals surface area contributed by atoms with Crippen molar-refractivity contribution in [3.63, 3.8) is 0 Å². The highest BCUT2D eigenvalue weighted by molar-refractivity contribution is 7.89. The maximum absolute atomic E-state index is 12.9.